The normalized spacial score (nSPS) is 11.4. The molecule has 1 amide bonds. The first-order valence-corrected chi connectivity index (χ1v) is 12.9. The van der Waals surface area contributed by atoms with E-state index in [9.17, 15) is 14.4 Å². The summed E-state index contributed by atoms with van der Waals surface area (Å²) in [5.41, 5.74) is 9.13. The fourth-order valence-electron chi connectivity index (χ4n) is 4.48. The van der Waals surface area contributed by atoms with Crippen molar-refractivity contribution < 1.29 is 9.59 Å². The fraction of sp³-hybridized carbons (Fsp3) is 0.129. The second-order valence-corrected chi connectivity index (χ2v) is 9.71. The van der Waals surface area contributed by atoms with Crippen LogP contribution < -0.4 is 16.3 Å². The Morgan fingerprint density at radius 1 is 0.854 bits per heavy atom. The van der Waals surface area contributed by atoms with E-state index in [1.54, 1.807) is 73.8 Å². The first-order valence-electron chi connectivity index (χ1n) is 12.9. The summed E-state index contributed by atoms with van der Waals surface area (Å²) in [4.78, 5) is 51.5. The highest BCUT2D eigenvalue weighted by molar-refractivity contribution is 6.09. The molecule has 2 N–H and O–H groups in total. The lowest BCUT2D eigenvalue weighted by atomic mass is 10.0. The molecule has 3 aromatic carbocycles. The van der Waals surface area contributed by atoms with E-state index >= 15 is 0 Å². The molecule has 5 aromatic rings. The quantitative estimate of drug-likeness (QED) is 0.233. The predicted octanol–water partition coefficient (Wildman–Crippen LogP) is 3.47. The average Bonchev–Trinajstić information content (AvgIpc) is 3.29. The molecule has 0 bridgehead atoms. The maximum absolute atomic E-state index is 13.9. The van der Waals surface area contributed by atoms with Gasteiger partial charge < -0.3 is 15.5 Å². The van der Waals surface area contributed by atoms with Crippen LogP contribution in [0.2, 0.25) is 0 Å². The number of nitrogen functional groups attached to an aromatic ring is 1. The number of fused-ring (bicyclic) bond motifs is 1. The molecule has 0 saturated carbocycles. The van der Waals surface area contributed by atoms with Gasteiger partial charge in [-0.25, -0.2) is 19.3 Å². The summed E-state index contributed by atoms with van der Waals surface area (Å²) in [5.74, 6) is -0.193. The third-order valence-electron chi connectivity index (χ3n) is 6.61. The SMILES string of the molecule is CN(C)CC=CC(=O)N(C)c1cccc(-n2c(=O)n(-c3ccc(C(=O)c4ccccc4)cc3)c3c(N)ncnc32)c1. The highest BCUT2D eigenvalue weighted by Gasteiger charge is 2.21. The zero-order valence-corrected chi connectivity index (χ0v) is 22.9. The summed E-state index contributed by atoms with van der Waals surface area (Å²) in [7, 11) is 5.52. The molecule has 0 atom stereocenters. The largest absolute Gasteiger partial charge is 0.382 e. The summed E-state index contributed by atoms with van der Waals surface area (Å²) >= 11 is 0. The molecule has 2 heterocycles. The summed E-state index contributed by atoms with van der Waals surface area (Å²) < 4.78 is 2.85. The van der Waals surface area contributed by atoms with Gasteiger partial charge in [-0.05, 0) is 56.6 Å². The number of rotatable bonds is 8. The second-order valence-electron chi connectivity index (χ2n) is 9.71. The van der Waals surface area contributed by atoms with Crippen molar-refractivity contribution in [2.45, 2.75) is 0 Å². The Morgan fingerprint density at radius 3 is 2.27 bits per heavy atom. The van der Waals surface area contributed by atoms with Crippen LogP contribution in [0.1, 0.15) is 15.9 Å². The molecule has 0 aliphatic heterocycles. The number of aromatic nitrogens is 4. The number of likely N-dealkylation sites (N-methyl/N-ethyl adjacent to an activating group) is 2. The van der Waals surface area contributed by atoms with Crippen LogP contribution in [0.5, 0.6) is 0 Å². The summed E-state index contributed by atoms with van der Waals surface area (Å²) in [6.07, 6.45) is 4.61. The van der Waals surface area contributed by atoms with E-state index in [2.05, 4.69) is 9.97 Å². The van der Waals surface area contributed by atoms with Crippen molar-refractivity contribution in [1.82, 2.24) is 24.0 Å². The smallest absolute Gasteiger partial charge is 0.339 e. The minimum absolute atomic E-state index is 0.123. The first-order chi connectivity index (χ1) is 19.8. The van der Waals surface area contributed by atoms with Gasteiger partial charge in [0.05, 0.1) is 11.4 Å². The van der Waals surface area contributed by atoms with E-state index < -0.39 is 5.69 Å². The Bertz CT molecular complexity index is 1820. The molecule has 0 aliphatic rings. The van der Waals surface area contributed by atoms with Crippen molar-refractivity contribution in [3.05, 3.63) is 119 Å². The lowest BCUT2D eigenvalue weighted by molar-refractivity contribution is -0.113. The molecule has 41 heavy (non-hydrogen) atoms. The van der Waals surface area contributed by atoms with Gasteiger partial charge in [0.2, 0.25) is 5.91 Å². The van der Waals surface area contributed by atoms with Crippen molar-refractivity contribution in [3.63, 3.8) is 0 Å². The van der Waals surface area contributed by atoms with Crippen LogP contribution in [0, 0.1) is 0 Å². The van der Waals surface area contributed by atoms with Gasteiger partial charge in [-0.1, -0.05) is 42.5 Å². The number of nitrogens with two attached hydrogens (primary N) is 1. The molecule has 0 spiro atoms. The minimum atomic E-state index is -0.425. The van der Waals surface area contributed by atoms with Gasteiger partial charge in [-0.3, -0.25) is 14.2 Å². The molecular formula is C31H29N7O3. The van der Waals surface area contributed by atoms with Crippen LogP contribution in [-0.2, 0) is 4.79 Å². The van der Waals surface area contributed by atoms with Crippen molar-refractivity contribution in [2.24, 2.45) is 0 Å². The third-order valence-corrected chi connectivity index (χ3v) is 6.61. The van der Waals surface area contributed by atoms with E-state index in [1.165, 1.54) is 26.4 Å². The molecular weight excluding hydrogens is 518 g/mol. The van der Waals surface area contributed by atoms with Gasteiger partial charge in [0, 0.05) is 36.5 Å². The number of anilines is 2. The van der Waals surface area contributed by atoms with Crippen molar-refractivity contribution >= 4 is 34.4 Å². The summed E-state index contributed by atoms with van der Waals surface area (Å²) in [6, 6.07) is 22.8. The van der Waals surface area contributed by atoms with Crippen LogP contribution in [-0.4, -0.2) is 63.4 Å². The topological polar surface area (TPSA) is 119 Å². The first kappa shape index (κ1) is 27.2. The highest BCUT2D eigenvalue weighted by atomic mass is 16.2. The average molecular weight is 548 g/mol. The van der Waals surface area contributed by atoms with Gasteiger partial charge in [0.25, 0.3) is 0 Å². The standard InChI is InChI=1S/C31H29N7O3/c1-35(2)18-8-13-26(39)36(3)24-11-7-12-25(19-24)38-30-27(29(32)33-20-34-30)37(31(38)41)23-16-14-22(15-17-23)28(40)21-9-5-4-6-10-21/h4-17,19-20H,18H2,1-3H3,(H2,32,33,34). The highest BCUT2D eigenvalue weighted by Crippen LogP contribution is 2.25. The molecule has 0 radical (unpaired) electrons. The summed E-state index contributed by atoms with van der Waals surface area (Å²) in [5, 5.41) is 0. The monoisotopic (exact) mass is 547 g/mol. The maximum Gasteiger partial charge on any atom is 0.339 e. The van der Waals surface area contributed by atoms with E-state index in [0.717, 1.165) is 0 Å². The van der Waals surface area contributed by atoms with Crippen LogP contribution in [0.15, 0.2) is 102 Å². The molecule has 0 fully saturated rings. The lowest BCUT2D eigenvalue weighted by Gasteiger charge is -2.16. The van der Waals surface area contributed by atoms with Gasteiger partial charge >= 0.3 is 5.69 Å². The third kappa shape index (κ3) is 5.41. The van der Waals surface area contributed by atoms with E-state index in [-0.39, 0.29) is 17.5 Å². The maximum atomic E-state index is 13.9. The number of ketones is 1. The number of nitrogens with zero attached hydrogens (tertiary/aromatic N) is 6. The van der Waals surface area contributed by atoms with Crippen molar-refractivity contribution in [3.8, 4) is 11.4 Å². The van der Waals surface area contributed by atoms with Gasteiger partial charge in [0.1, 0.15) is 11.8 Å². The number of carbonyl (C=O) groups is 2. The summed E-state index contributed by atoms with van der Waals surface area (Å²) in [6.45, 7) is 0.636. The van der Waals surface area contributed by atoms with E-state index in [0.29, 0.717) is 45.9 Å². The molecule has 206 valence electrons. The van der Waals surface area contributed by atoms with E-state index in [1.807, 2.05) is 37.2 Å². The molecule has 10 nitrogen and oxygen atoms in total. The van der Waals surface area contributed by atoms with E-state index in [4.69, 9.17) is 5.73 Å². The molecule has 2 aromatic heterocycles. The van der Waals surface area contributed by atoms with Crippen LogP contribution in [0.3, 0.4) is 0 Å². The fourth-order valence-corrected chi connectivity index (χ4v) is 4.48. The van der Waals surface area contributed by atoms with Gasteiger partial charge in [-0.15, -0.1) is 0 Å². The molecule has 5 rings (SSSR count). The Balaban J connectivity index is 1.56. The Morgan fingerprint density at radius 2 is 1.56 bits per heavy atom. The number of hydrogen-bond acceptors (Lipinski definition) is 7. The molecule has 0 aliphatic carbocycles. The number of benzene rings is 3. The zero-order valence-electron chi connectivity index (χ0n) is 22.9. The lowest BCUT2D eigenvalue weighted by Crippen LogP contribution is -2.25. The number of imidazole rings is 1. The second kappa shape index (κ2) is 11.4. The number of carbonyl (C=O) groups excluding carboxylic acids is 2. The number of hydrogen-bond donors (Lipinski definition) is 1. The van der Waals surface area contributed by atoms with Crippen LogP contribution >= 0.6 is 0 Å². The Hall–Kier alpha value is -5.35. The Kier molecular flexibility index (Phi) is 7.57. The zero-order chi connectivity index (χ0) is 29.1. The number of amides is 1. The minimum Gasteiger partial charge on any atom is -0.382 e. The van der Waals surface area contributed by atoms with Crippen molar-refractivity contribution in [1.29, 1.82) is 0 Å². The van der Waals surface area contributed by atoms with Crippen LogP contribution in [0.4, 0.5) is 11.5 Å². The molecule has 0 saturated heterocycles. The predicted molar refractivity (Wildman–Crippen MR) is 160 cm³/mol. The molecule has 0 unspecified atom stereocenters. The van der Waals surface area contributed by atoms with Crippen LogP contribution in [0.25, 0.3) is 22.5 Å². The van der Waals surface area contributed by atoms with Crippen molar-refractivity contribution in [2.75, 3.05) is 38.3 Å². The molecule has 10 heteroatoms. The van der Waals surface area contributed by atoms with Gasteiger partial charge in [-0.2, -0.15) is 0 Å². The Labute approximate surface area is 236 Å². The van der Waals surface area contributed by atoms with Gasteiger partial charge in [0.15, 0.2) is 17.2 Å².